The lowest BCUT2D eigenvalue weighted by atomic mass is 10.1. The summed E-state index contributed by atoms with van der Waals surface area (Å²) in [6.07, 6.45) is -1.81. The Morgan fingerprint density at radius 3 is 2.52 bits per heavy atom. The van der Waals surface area contributed by atoms with Gasteiger partial charge in [0.05, 0.1) is 0 Å². The Bertz CT molecular complexity index is 510. The summed E-state index contributed by atoms with van der Waals surface area (Å²) >= 11 is 0. The van der Waals surface area contributed by atoms with Crippen molar-refractivity contribution >= 4 is 11.9 Å². The maximum atomic E-state index is 12.5. The van der Waals surface area contributed by atoms with Crippen molar-refractivity contribution in [3.63, 3.8) is 0 Å². The molecule has 6 nitrogen and oxygen atoms in total. The van der Waals surface area contributed by atoms with E-state index in [1.807, 2.05) is 0 Å². The first-order chi connectivity index (χ1) is 9.99. The molecule has 0 spiro atoms. The molecule has 1 aromatic heterocycles. The number of carbonyl (C=O) groups excluding carboxylic acids is 1. The van der Waals surface area contributed by atoms with Gasteiger partial charge in [0.2, 0.25) is 0 Å². The molecule has 0 bridgehead atoms. The topological polar surface area (TPSA) is 80.0 Å². The summed E-state index contributed by atoms with van der Waals surface area (Å²) in [5.74, 6) is -2.76. The van der Waals surface area contributed by atoms with Gasteiger partial charge in [-0.15, -0.1) is 0 Å². The molecule has 0 aliphatic carbocycles. The molecule has 1 aliphatic heterocycles. The van der Waals surface area contributed by atoms with Gasteiger partial charge in [-0.2, -0.15) is 0 Å². The summed E-state index contributed by atoms with van der Waals surface area (Å²) in [5.41, 5.74) is 0. The van der Waals surface area contributed by atoms with E-state index in [0.717, 1.165) is 17.0 Å². The van der Waals surface area contributed by atoms with Gasteiger partial charge < -0.3 is 19.2 Å². The van der Waals surface area contributed by atoms with E-state index in [0.29, 0.717) is 26.1 Å². The van der Waals surface area contributed by atoms with E-state index in [1.54, 1.807) is 0 Å². The van der Waals surface area contributed by atoms with Crippen molar-refractivity contribution in [2.45, 2.75) is 25.3 Å². The molecule has 1 aromatic rings. The molecular formula is C13H15F2NO5. The van der Waals surface area contributed by atoms with Gasteiger partial charge in [-0.25, -0.2) is 8.78 Å². The fourth-order valence-corrected chi connectivity index (χ4v) is 2.24. The van der Waals surface area contributed by atoms with Crippen LogP contribution in [0.15, 0.2) is 16.5 Å². The number of nitrogens with zero attached hydrogens (tertiary/aromatic N) is 1. The smallest absolute Gasteiger partial charge is 0.323 e. The highest BCUT2D eigenvalue weighted by molar-refractivity contribution is 5.93. The molecule has 1 saturated heterocycles. The molecule has 1 fully saturated rings. The monoisotopic (exact) mass is 303 g/mol. The van der Waals surface area contributed by atoms with E-state index in [9.17, 15) is 18.4 Å². The van der Waals surface area contributed by atoms with E-state index < -0.39 is 30.6 Å². The fourth-order valence-electron chi connectivity index (χ4n) is 2.24. The number of ether oxygens (including phenoxy) is 1. The normalized spacial score (nSPS) is 16.1. The van der Waals surface area contributed by atoms with E-state index in [2.05, 4.69) is 0 Å². The zero-order valence-corrected chi connectivity index (χ0v) is 11.1. The van der Waals surface area contributed by atoms with Crippen molar-refractivity contribution in [2.24, 2.45) is 0 Å². The molecule has 0 atom stereocenters. The minimum absolute atomic E-state index is 0.280. The zero-order valence-electron chi connectivity index (χ0n) is 11.1. The predicted octanol–water partition coefficient (Wildman–Crippen LogP) is 1.92. The van der Waals surface area contributed by atoms with Crippen LogP contribution in [-0.2, 0) is 9.53 Å². The maximum Gasteiger partial charge on any atom is 0.323 e. The van der Waals surface area contributed by atoms with Gasteiger partial charge in [0.1, 0.15) is 6.54 Å². The first kappa shape index (κ1) is 15.4. The molecule has 1 aliphatic rings. The number of halogens is 2. The molecule has 1 N–H and O–H groups in total. The highest BCUT2D eigenvalue weighted by Gasteiger charge is 2.30. The standard InChI is InChI=1S/C13H15F2NO5/c14-12(15)9-1-2-10(21-9)13(19)16(7-11(17)18)8-3-5-20-6-4-8/h1-2,8,12H,3-7H2,(H,17,18). The molecule has 1 amide bonds. The van der Waals surface area contributed by atoms with Crippen LogP contribution in [0.3, 0.4) is 0 Å². The number of amides is 1. The number of carboxylic acids is 1. The van der Waals surface area contributed by atoms with Crippen molar-refractivity contribution in [3.8, 4) is 0 Å². The summed E-state index contributed by atoms with van der Waals surface area (Å²) in [4.78, 5) is 24.4. The number of hydrogen-bond donors (Lipinski definition) is 1. The Morgan fingerprint density at radius 2 is 2.00 bits per heavy atom. The second kappa shape index (κ2) is 6.66. The van der Waals surface area contributed by atoms with Crippen LogP contribution in [0.5, 0.6) is 0 Å². The minimum Gasteiger partial charge on any atom is -0.480 e. The summed E-state index contributed by atoms with van der Waals surface area (Å²) in [7, 11) is 0. The molecule has 116 valence electrons. The molecule has 0 unspecified atom stereocenters. The van der Waals surface area contributed by atoms with Crippen molar-refractivity contribution in [1.29, 1.82) is 0 Å². The van der Waals surface area contributed by atoms with E-state index in [1.165, 1.54) is 0 Å². The van der Waals surface area contributed by atoms with Gasteiger partial charge in [-0.1, -0.05) is 0 Å². The molecule has 21 heavy (non-hydrogen) atoms. The molecule has 0 aromatic carbocycles. The summed E-state index contributed by atoms with van der Waals surface area (Å²) in [6.45, 7) is 0.344. The van der Waals surface area contributed by atoms with Crippen molar-refractivity contribution in [3.05, 3.63) is 23.7 Å². The Hall–Kier alpha value is -1.96. The predicted molar refractivity (Wildman–Crippen MR) is 66.2 cm³/mol. The number of hydrogen-bond acceptors (Lipinski definition) is 4. The molecular weight excluding hydrogens is 288 g/mol. The SMILES string of the molecule is O=C(O)CN(C(=O)c1ccc(C(F)F)o1)C1CCOCC1. The number of aliphatic carboxylic acids is 1. The third kappa shape index (κ3) is 3.78. The largest absolute Gasteiger partial charge is 0.480 e. The van der Waals surface area contributed by atoms with Gasteiger partial charge in [0, 0.05) is 19.3 Å². The van der Waals surface area contributed by atoms with E-state index in [4.69, 9.17) is 14.3 Å². The van der Waals surface area contributed by atoms with Crippen molar-refractivity contribution < 1.29 is 32.6 Å². The lowest BCUT2D eigenvalue weighted by molar-refractivity contribution is -0.138. The fraction of sp³-hybridized carbons (Fsp3) is 0.538. The number of rotatable bonds is 5. The van der Waals surface area contributed by atoms with E-state index >= 15 is 0 Å². The number of alkyl halides is 2. The summed E-state index contributed by atoms with van der Waals surface area (Å²) in [6, 6.07) is 1.85. The number of carboxylic acid groups (broad SMARTS) is 1. The van der Waals surface area contributed by atoms with Crippen LogP contribution in [0.4, 0.5) is 8.78 Å². The van der Waals surface area contributed by atoms with Crippen molar-refractivity contribution in [2.75, 3.05) is 19.8 Å². The third-order valence-corrected chi connectivity index (χ3v) is 3.25. The van der Waals surface area contributed by atoms with Crippen LogP contribution < -0.4 is 0 Å². The zero-order chi connectivity index (χ0) is 15.4. The molecule has 0 radical (unpaired) electrons. The second-order valence-electron chi connectivity index (χ2n) is 4.67. The van der Waals surface area contributed by atoms with E-state index in [-0.39, 0.29) is 11.8 Å². The average Bonchev–Trinajstić information content (AvgIpc) is 2.95. The van der Waals surface area contributed by atoms with Gasteiger partial charge in [0.15, 0.2) is 11.5 Å². The third-order valence-electron chi connectivity index (χ3n) is 3.25. The lowest BCUT2D eigenvalue weighted by Gasteiger charge is -2.32. The first-order valence-corrected chi connectivity index (χ1v) is 6.47. The maximum absolute atomic E-state index is 12.5. The van der Waals surface area contributed by atoms with Crippen LogP contribution in [0.25, 0.3) is 0 Å². The van der Waals surface area contributed by atoms with Crippen LogP contribution >= 0.6 is 0 Å². The molecule has 2 rings (SSSR count). The van der Waals surface area contributed by atoms with Crippen molar-refractivity contribution in [1.82, 2.24) is 4.90 Å². The molecule has 0 saturated carbocycles. The highest BCUT2D eigenvalue weighted by atomic mass is 19.3. The lowest BCUT2D eigenvalue weighted by Crippen LogP contribution is -2.45. The second-order valence-corrected chi connectivity index (χ2v) is 4.67. The number of carbonyl (C=O) groups is 2. The Labute approximate surface area is 119 Å². The van der Waals surface area contributed by atoms with Gasteiger partial charge in [0.25, 0.3) is 12.3 Å². The Balaban J connectivity index is 2.17. The number of furan rings is 1. The summed E-state index contributed by atoms with van der Waals surface area (Å²) < 4.78 is 34.9. The van der Waals surface area contributed by atoms with Gasteiger partial charge >= 0.3 is 5.97 Å². The first-order valence-electron chi connectivity index (χ1n) is 6.47. The van der Waals surface area contributed by atoms with Gasteiger partial charge in [-0.3, -0.25) is 9.59 Å². The Kier molecular flexibility index (Phi) is 4.89. The van der Waals surface area contributed by atoms with Crippen LogP contribution in [0, 0.1) is 0 Å². The van der Waals surface area contributed by atoms with Crippen LogP contribution in [0.2, 0.25) is 0 Å². The average molecular weight is 303 g/mol. The quantitative estimate of drug-likeness (QED) is 0.899. The Morgan fingerprint density at radius 1 is 1.33 bits per heavy atom. The summed E-state index contributed by atoms with van der Waals surface area (Å²) in [5, 5.41) is 8.93. The minimum atomic E-state index is -2.82. The van der Waals surface area contributed by atoms with Crippen LogP contribution in [0.1, 0.15) is 35.6 Å². The molecule has 2 heterocycles. The molecule has 8 heteroatoms. The highest BCUT2D eigenvalue weighted by Crippen LogP contribution is 2.23. The van der Waals surface area contributed by atoms with Gasteiger partial charge in [-0.05, 0) is 25.0 Å². The van der Waals surface area contributed by atoms with Crippen LogP contribution in [-0.4, -0.2) is 47.7 Å².